The molecule has 1 amide bonds. The first-order chi connectivity index (χ1) is 10.2. The molecule has 1 saturated carbocycles. The van der Waals surface area contributed by atoms with Crippen LogP contribution in [-0.4, -0.2) is 22.9 Å². The SMILES string of the molecule is N#CN(C(=O)OCc1ccccc1)C1CCCC(CCl)C1. The van der Waals surface area contributed by atoms with Crippen molar-refractivity contribution in [2.75, 3.05) is 5.88 Å². The maximum Gasteiger partial charge on any atom is 0.423 e. The third kappa shape index (κ3) is 4.37. The van der Waals surface area contributed by atoms with Crippen LogP contribution >= 0.6 is 11.6 Å². The van der Waals surface area contributed by atoms with Crippen LogP contribution < -0.4 is 0 Å². The summed E-state index contributed by atoms with van der Waals surface area (Å²) in [4.78, 5) is 13.3. The third-order valence-corrected chi connectivity index (χ3v) is 4.28. The fourth-order valence-corrected chi connectivity index (χ4v) is 2.98. The summed E-state index contributed by atoms with van der Waals surface area (Å²) >= 11 is 5.90. The van der Waals surface area contributed by atoms with E-state index < -0.39 is 6.09 Å². The van der Waals surface area contributed by atoms with Crippen LogP contribution in [0.15, 0.2) is 30.3 Å². The second-order valence-corrected chi connectivity index (χ2v) is 5.66. The van der Waals surface area contributed by atoms with Gasteiger partial charge in [-0.1, -0.05) is 36.8 Å². The van der Waals surface area contributed by atoms with Crippen LogP contribution in [0.3, 0.4) is 0 Å². The summed E-state index contributed by atoms with van der Waals surface area (Å²) in [5.41, 5.74) is 0.908. The molecule has 4 nitrogen and oxygen atoms in total. The second-order valence-electron chi connectivity index (χ2n) is 5.35. The summed E-state index contributed by atoms with van der Waals surface area (Å²) in [6, 6.07) is 9.36. The van der Waals surface area contributed by atoms with E-state index in [1.165, 1.54) is 4.90 Å². The monoisotopic (exact) mass is 306 g/mol. The van der Waals surface area contributed by atoms with E-state index in [0.717, 1.165) is 31.2 Å². The number of halogens is 1. The van der Waals surface area contributed by atoms with Crippen molar-refractivity contribution in [3.63, 3.8) is 0 Å². The Morgan fingerprint density at radius 2 is 2.14 bits per heavy atom. The van der Waals surface area contributed by atoms with Crippen molar-refractivity contribution >= 4 is 17.7 Å². The highest BCUT2D eigenvalue weighted by Crippen LogP contribution is 2.28. The van der Waals surface area contributed by atoms with Gasteiger partial charge in [0.15, 0.2) is 6.19 Å². The molecule has 0 bridgehead atoms. The fourth-order valence-electron chi connectivity index (χ4n) is 2.70. The number of alkyl halides is 1. The minimum absolute atomic E-state index is 0.0872. The number of ether oxygens (including phenoxy) is 1. The molecule has 0 radical (unpaired) electrons. The second kappa shape index (κ2) is 7.90. The number of benzene rings is 1. The molecule has 2 atom stereocenters. The molecule has 0 aromatic heterocycles. The van der Waals surface area contributed by atoms with Gasteiger partial charge in [-0.25, -0.2) is 9.69 Å². The molecule has 5 heteroatoms. The van der Waals surface area contributed by atoms with Crippen LogP contribution in [0.25, 0.3) is 0 Å². The number of nitriles is 1. The molecule has 0 saturated heterocycles. The molecule has 0 aliphatic heterocycles. The Morgan fingerprint density at radius 3 is 2.81 bits per heavy atom. The number of hydrogen-bond acceptors (Lipinski definition) is 3. The zero-order chi connectivity index (χ0) is 15.1. The first-order valence-electron chi connectivity index (χ1n) is 7.20. The Hall–Kier alpha value is -1.73. The van der Waals surface area contributed by atoms with Gasteiger partial charge in [0.1, 0.15) is 6.61 Å². The third-order valence-electron chi connectivity index (χ3n) is 3.85. The van der Waals surface area contributed by atoms with Crippen LogP contribution in [0.4, 0.5) is 4.79 Å². The van der Waals surface area contributed by atoms with E-state index in [-0.39, 0.29) is 12.6 Å². The van der Waals surface area contributed by atoms with Crippen LogP contribution in [0.2, 0.25) is 0 Å². The van der Waals surface area contributed by atoms with E-state index in [4.69, 9.17) is 16.3 Å². The summed E-state index contributed by atoms with van der Waals surface area (Å²) in [5, 5.41) is 9.25. The van der Waals surface area contributed by atoms with Crippen molar-refractivity contribution in [1.29, 1.82) is 5.26 Å². The van der Waals surface area contributed by atoms with E-state index in [1.807, 2.05) is 36.5 Å². The van der Waals surface area contributed by atoms with Crippen molar-refractivity contribution < 1.29 is 9.53 Å². The van der Waals surface area contributed by atoms with Crippen molar-refractivity contribution in [1.82, 2.24) is 4.90 Å². The molecule has 21 heavy (non-hydrogen) atoms. The number of hydrogen-bond donors (Lipinski definition) is 0. The van der Waals surface area contributed by atoms with E-state index >= 15 is 0 Å². The zero-order valence-corrected chi connectivity index (χ0v) is 12.6. The van der Waals surface area contributed by atoms with E-state index in [2.05, 4.69) is 0 Å². The van der Waals surface area contributed by atoms with Gasteiger partial charge in [0.25, 0.3) is 0 Å². The smallest absolute Gasteiger partial charge is 0.423 e. The van der Waals surface area contributed by atoms with Crippen molar-refractivity contribution in [2.24, 2.45) is 5.92 Å². The number of rotatable bonds is 4. The van der Waals surface area contributed by atoms with Crippen molar-refractivity contribution in [2.45, 2.75) is 38.3 Å². The van der Waals surface area contributed by atoms with Crippen molar-refractivity contribution in [3.8, 4) is 6.19 Å². The van der Waals surface area contributed by atoms with Gasteiger partial charge < -0.3 is 4.74 Å². The lowest BCUT2D eigenvalue weighted by atomic mass is 9.86. The maximum absolute atomic E-state index is 12.1. The summed E-state index contributed by atoms with van der Waals surface area (Å²) in [6.45, 7) is 0.184. The van der Waals surface area contributed by atoms with Gasteiger partial charge in [-0.05, 0) is 30.7 Å². The lowest BCUT2D eigenvalue weighted by molar-refractivity contribution is 0.0906. The molecule has 112 valence electrons. The van der Waals surface area contributed by atoms with Crippen LogP contribution in [0.5, 0.6) is 0 Å². The largest absolute Gasteiger partial charge is 0.444 e. The highest BCUT2D eigenvalue weighted by atomic mass is 35.5. The molecule has 2 rings (SSSR count). The molecular formula is C16H19ClN2O2. The number of carbonyl (C=O) groups excluding carboxylic acids is 1. The molecule has 0 spiro atoms. The summed E-state index contributed by atoms with van der Waals surface area (Å²) in [6.07, 6.45) is 5.07. The molecule has 1 fully saturated rings. The Balaban J connectivity index is 1.91. The summed E-state index contributed by atoms with van der Waals surface area (Å²) in [7, 11) is 0. The summed E-state index contributed by atoms with van der Waals surface area (Å²) < 4.78 is 5.23. The molecule has 2 unspecified atom stereocenters. The Bertz CT molecular complexity index is 501. The van der Waals surface area contributed by atoms with Crippen LogP contribution in [0.1, 0.15) is 31.2 Å². The number of carbonyl (C=O) groups is 1. The molecule has 1 aliphatic carbocycles. The fraction of sp³-hybridized carbons (Fsp3) is 0.500. The maximum atomic E-state index is 12.1. The highest BCUT2D eigenvalue weighted by molar-refractivity contribution is 6.18. The van der Waals surface area contributed by atoms with E-state index in [1.54, 1.807) is 0 Å². The first kappa shape index (κ1) is 15.7. The molecule has 0 heterocycles. The quantitative estimate of drug-likeness (QED) is 0.481. The van der Waals surface area contributed by atoms with Gasteiger partial charge >= 0.3 is 6.09 Å². The first-order valence-corrected chi connectivity index (χ1v) is 7.73. The van der Waals surface area contributed by atoms with E-state index in [0.29, 0.717) is 11.8 Å². The van der Waals surface area contributed by atoms with Gasteiger partial charge in [-0.2, -0.15) is 5.26 Å². The Morgan fingerprint density at radius 1 is 1.38 bits per heavy atom. The van der Waals surface area contributed by atoms with Gasteiger partial charge in [0.2, 0.25) is 0 Å². The predicted octanol–water partition coefficient (Wildman–Crippen LogP) is 3.90. The predicted molar refractivity (Wildman–Crippen MR) is 80.5 cm³/mol. The topological polar surface area (TPSA) is 53.3 Å². The molecule has 0 N–H and O–H groups in total. The number of nitrogens with zero attached hydrogens (tertiary/aromatic N) is 2. The molecule has 1 aliphatic rings. The zero-order valence-electron chi connectivity index (χ0n) is 11.9. The average Bonchev–Trinajstić information content (AvgIpc) is 2.55. The van der Waals surface area contributed by atoms with E-state index in [9.17, 15) is 10.1 Å². The van der Waals surface area contributed by atoms with Crippen molar-refractivity contribution in [3.05, 3.63) is 35.9 Å². The van der Waals surface area contributed by atoms with Crippen LogP contribution in [-0.2, 0) is 11.3 Å². The lowest BCUT2D eigenvalue weighted by Gasteiger charge is -2.31. The molecular weight excluding hydrogens is 288 g/mol. The normalized spacial score (nSPS) is 21.3. The highest BCUT2D eigenvalue weighted by Gasteiger charge is 2.30. The lowest BCUT2D eigenvalue weighted by Crippen LogP contribution is -2.40. The Labute approximate surface area is 130 Å². The number of amides is 1. The van der Waals surface area contributed by atoms with Gasteiger partial charge in [0.05, 0.1) is 6.04 Å². The molecule has 1 aromatic rings. The van der Waals surface area contributed by atoms with Gasteiger partial charge in [-0.15, -0.1) is 11.6 Å². The minimum atomic E-state index is -0.568. The average molecular weight is 307 g/mol. The summed E-state index contributed by atoms with van der Waals surface area (Å²) in [5.74, 6) is 0.956. The van der Waals surface area contributed by atoms with Gasteiger partial charge in [0, 0.05) is 5.88 Å². The minimum Gasteiger partial charge on any atom is -0.444 e. The van der Waals surface area contributed by atoms with Gasteiger partial charge in [-0.3, -0.25) is 0 Å². The standard InChI is InChI=1S/C16H19ClN2O2/c17-10-14-7-4-8-15(9-14)19(12-18)16(20)21-11-13-5-2-1-3-6-13/h1-3,5-6,14-15H,4,7-11H2. The Kier molecular flexibility index (Phi) is 5.89. The molecule has 1 aromatic carbocycles. The van der Waals surface area contributed by atoms with Crippen LogP contribution in [0, 0.1) is 17.4 Å².